The van der Waals surface area contributed by atoms with Crippen LogP contribution in [0.15, 0.2) is 30.0 Å². The van der Waals surface area contributed by atoms with E-state index in [0.29, 0.717) is 0 Å². The zero-order valence-electron chi connectivity index (χ0n) is 19.1. The van der Waals surface area contributed by atoms with Crippen LogP contribution in [0.5, 0.6) is 0 Å². The summed E-state index contributed by atoms with van der Waals surface area (Å²) < 4.78 is 9.20. The van der Waals surface area contributed by atoms with Crippen molar-refractivity contribution in [1.82, 2.24) is 14.3 Å². The molecule has 164 valence electrons. The largest absolute Gasteiger partial charge is 0.385 e. The molecule has 0 amide bonds. The van der Waals surface area contributed by atoms with E-state index in [4.69, 9.17) is 4.74 Å². The van der Waals surface area contributed by atoms with Crippen molar-refractivity contribution in [3.63, 3.8) is 0 Å². The van der Waals surface area contributed by atoms with Crippen molar-refractivity contribution < 1.29 is 4.74 Å². The third-order valence-corrected chi connectivity index (χ3v) is 8.08. The summed E-state index contributed by atoms with van der Waals surface area (Å²) in [5.74, 6) is 0.808. The van der Waals surface area contributed by atoms with Crippen LogP contribution in [0.2, 0.25) is 25.7 Å². The van der Waals surface area contributed by atoms with Gasteiger partial charge in [0.05, 0.1) is 0 Å². The number of nitrogens with zero attached hydrogens (tertiary/aromatic N) is 3. The first kappa shape index (κ1) is 23.0. The molecular formula is C23H36N4OSSi. The van der Waals surface area contributed by atoms with Gasteiger partial charge in [0.25, 0.3) is 0 Å². The molecule has 0 bridgehead atoms. The standard InChI is InChI=1S/C17H20N4S.C6H16OSi/c1-2-12-4-3-7-21(10-12)15-5-6-18-17-16(15)14(9-19-17)13-8-20-22-11-13;1-7-5-6-8(2,3)4/h5-6,8-9,11-12H,2-4,7,10H2,1H3,(H,18,19);5-6H2,1-4H3/t12-;/m0./s1. The number of hydrogen-bond acceptors (Lipinski definition) is 5. The molecule has 4 rings (SSSR count). The van der Waals surface area contributed by atoms with Crippen LogP contribution in [0, 0.1) is 5.92 Å². The van der Waals surface area contributed by atoms with Gasteiger partial charge in [0.2, 0.25) is 0 Å². The molecule has 0 saturated carbocycles. The molecule has 0 unspecified atom stereocenters. The number of pyridine rings is 1. The second-order valence-corrected chi connectivity index (χ2v) is 15.6. The predicted molar refractivity (Wildman–Crippen MR) is 132 cm³/mol. The first-order valence-corrected chi connectivity index (χ1v) is 15.6. The van der Waals surface area contributed by atoms with Crippen molar-refractivity contribution >= 4 is 36.3 Å². The number of anilines is 1. The van der Waals surface area contributed by atoms with E-state index in [-0.39, 0.29) is 0 Å². The topological polar surface area (TPSA) is 54.0 Å². The van der Waals surface area contributed by atoms with E-state index in [0.717, 1.165) is 31.3 Å². The zero-order valence-corrected chi connectivity index (χ0v) is 20.9. The summed E-state index contributed by atoms with van der Waals surface area (Å²) >= 11 is 1.49. The molecule has 1 N–H and O–H groups in total. The number of rotatable bonds is 6. The van der Waals surface area contributed by atoms with E-state index in [2.05, 4.69) is 63.4 Å². The Kier molecular flexibility index (Phi) is 8.08. The van der Waals surface area contributed by atoms with Gasteiger partial charge in [-0.2, -0.15) is 0 Å². The minimum atomic E-state index is -0.803. The number of piperidine rings is 1. The van der Waals surface area contributed by atoms with Crippen molar-refractivity contribution in [3.8, 4) is 11.1 Å². The Morgan fingerprint density at radius 2 is 2.17 bits per heavy atom. The number of nitrogens with one attached hydrogen (secondary N) is 1. The Morgan fingerprint density at radius 3 is 2.80 bits per heavy atom. The van der Waals surface area contributed by atoms with Crippen molar-refractivity contribution in [2.75, 3.05) is 31.7 Å². The van der Waals surface area contributed by atoms with E-state index < -0.39 is 8.07 Å². The van der Waals surface area contributed by atoms with Gasteiger partial charge in [0, 0.05) is 81.1 Å². The summed E-state index contributed by atoms with van der Waals surface area (Å²) in [6.45, 7) is 12.6. The smallest absolute Gasteiger partial charge is 0.139 e. The van der Waals surface area contributed by atoms with Gasteiger partial charge in [-0.3, -0.25) is 0 Å². The van der Waals surface area contributed by atoms with Gasteiger partial charge in [-0.05, 0) is 42.4 Å². The van der Waals surface area contributed by atoms with Gasteiger partial charge in [-0.15, -0.1) is 0 Å². The molecule has 5 nitrogen and oxygen atoms in total. The lowest BCUT2D eigenvalue weighted by molar-refractivity contribution is 0.214. The SMILES string of the molecule is CC[C@H]1CCCN(c2ccnc3[nH]cc(-c4cnsc4)c23)C1.COCC[Si](C)(C)C. The maximum Gasteiger partial charge on any atom is 0.139 e. The Bertz CT molecular complexity index is 904. The van der Waals surface area contributed by atoms with Crippen molar-refractivity contribution in [2.45, 2.75) is 51.9 Å². The van der Waals surface area contributed by atoms with Crippen LogP contribution < -0.4 is 4.90 Å². The number of methoxy groups -OCH3 is 1. The normalized spacial score (nSPS) is 17.1. The van der Waals surface area contributed by atoms with Crippen LogP contribution in [0.1, 0.15) is 26.2 Å². The molecule has 1 aliphatic rings. The van der Waals surface area contributed by atoms with E-state index in [9.17, 15) is 0 Å². The fraction of sp³-hybridized carbons (Fsp3) is 0.565. The van der Waals surface area contributed by atoms with E-state index in [1.165, 1.54) is 59.0 Å². The summed E-state index contributed by atoms with van der Waals surface area (Å²) in [6, 6.07) is 3.45. The average Bonchev–Trinajstić information content (AvgIpc) is 3.41. The lowest BCUT2D eigenvalue weighted by atomic mass is 9.95. The number of fused-ring (bicyclic) bond motifs is 1. The van der Waals surface area contributed by atoms with Crippen LogP contribution in [-0.2, 0) is 4.74 Å². The van der Waals surface area contributed by atoms with Crippen molar-refractivity contribution in [2.24, 2.45) is 5.92 Å². The Hall–Kier alpha value is -1.70. The third-order valence-electron chi connectivity index (χ3n) is 5.79. The highest BCUT2D eigenvalue weighted by atomic mass is 32.1. The second-order valence-electron chi connectivity index (χ2n) is 9.34. The summed E-state index contributed by atoms with van der Waals surface area (Å²) in [5.41, 5.74) is 4.67. The lowest BCUT2D eigenvalue weighted by Crippen LogP contribution is -2.35. The molecule has 1 fully saturated rings. The molecule has 7 heteroatoms. The maximum atomic E-state index is 4.95. The molecule has 1 saturated heterocycles. The molecule has 4 heterocycles. The van der Waals surface area contributed by atoms with Gasteiger partial charge < -0.3 is 14.6 Å². The molecule has 30 heavy (non-hydrogen) atoms. The van der Waals surface area contributed by atoms with Gasteiger partial charge >= 0.3 is 0 Å². The lowest BCUT2D eigenvalue weighted by Gasteiger charge is -2.34. The highest BCUT2D eigenvalue weighted by Gasteiger charge is 2.22. The van der Waals surface area contributed by atoms with Crippen molar-refractivity contribution in [3.05, 3.63) is 30.0 Å². The van der Waals surface area contributed by atoms with Gasteiger partial charge in [0.1, 0.15) is 5.65 Å². The van der Waals surface area contributed by atoms with Gasteiger partial charge in [-0.1, -0.05) is 33.0 Å². The van der Waals surface area contributed by atoms with E-state index in [1.54, 1.807) is 7.11 Å². The third kappa shape index (κ3) is 5.92. The van der Waals surface area contributed by atoms with Crippen LogP contribution in [0.25, 0.3) is 22.2 Å². The van der Waals surface area contributed by atoms with Crippen LogP contribution in [0.4, 0.5) is 5.69 Å². The van der Waals surface area contributed by atoms with Crippen LogP contribution in [0.3, 0.4) is 0 Å². The minimum absolute atomic E-state index is 0.803. The number of hydrogen-bond donors (Lipinski definition) is 1. The molecule has 0 aliphatic carbocycles. The highest BCUT2D eigenvalue weighted by molar-refractivity contribution is 7.03. The Labute approximate surface area is 186 Å². The summed E-state index contributed by atoms with van der Waals surface area (Å²) in [5, 5.41) is 3.34. The van der Waals surface area contributed by atoms with Crippen molar-refractivity contribution in [1.29, 1.82) is 0 Å². The molecular weight excluding hydrogens is 408 g/mol. The first-order valence-electron chi connectivity index (χ1n) is 11.0. The molecule has 1 atom stereocenters. The summed E-state index contributed by atoms with van der Waals surface area (Å²) in [7, 11) is 0.961. The molecule has 3 aromatic heterocycles. The first-order chi connectivity index (χ1) is 14.4. The molecule has 0 spiro atoms. The molecule has 0 radical (unpaired) electrons. The van der Waals surface area contributed by atoms with Gasteiger partial charge in [-0.25, -0.2) is 9.36 Å². The average molecular weight is 445 g/mol. The maximum absolute atomic E-state index is 4.95. The second kappa shape index (κ2) is 10.6. The summed E-state index contributed by atoms with van der Waals surface area (Å²) in [4.78, 5) is 10.4. The van der Waals surface area contributed by atoms with E-state index in [1.807, 2.05) is 12.4 Å². The zero-order chi connectivity index (χ0) is 21.6. The highest BCUT2D eigenvalue weighted by Crippen LogP contribution is 2.37. The van der Waals surface area contributed by atoms with Crippen LogP contribution >= 0.6 is 11.5 Å². The molecule has 1 aliphatic heterocycles. The number of aromatic amines is 1. The number of H-pyrrole nitrogens is 1. The number of ether oxygens (including phenoxy) is 1. The Balaban J connectivity index is 0.000000275. The van der Waals surface area contributed by atoms with Gasteiger partial charge in [0.15, 0.2) is 0 Å². The number of aromatic nitrogens is 3. The fourth-order valence-electron chi connectivity index (χ4n) is 3.89. The fourth-order valence-corrected chi connectivity index (χ4v) is 5.25. The quantitative estimate of drug-likeness (QED) is 0.454. The molecule has 0 aromatic carbocycles. The molecule has 3 aromatic rings. The van der Waals surface area contributed by atoms with E-state index >= 15 is 0 Å². The van der Waals surface area contributed by atoms with Crippen LogP contribution in [-0.4, -0.2) is 49.2 Å². The minimum Gasteiger partial charge on any atom is -0.385 e. The summed E-state index contributed by atoms with van der Waals surface area (Å²) in [6.07, 6.45) is 9.82. The predicted octanol–water partition coefficient (Wildman–Crippen LogP) is 6.28. The monoisotopic (exact) mass is 444 g/mol. The Morgan fingerprint density at radius 1 is 1.33 bits per heavy atom.